The quantitative estimate of drug-likeness (QED) is 0.709. The highest BCUT2D eigenvalue weighted by Gasteiger charge is 2.22. The van der Waals surface area contributed by atoms with Gasteiger partial charge in [-0.25, -0.2) is 13.2 Å². The molecule has 27 heavy (non-hydrogen) atoms. The number of thiophene rings is 1. The Balaban J connectivity index is 2.31. The molecule has 0 aliphatic carbocycles. The van der Waals surface area contributed by atoms with Gasteiger partial charge in [0, 0.05) is 11.3 Å². The first-order valence-electron chi connectivity index (χ1n) is 7.76. The molecule has 0 aliphatic heterocycles. The summed E-state index contributed by atoms with van der Waals surface area (Å²) in [4.78, 5) is 24.7. The van der Waals surface area contributed by atoms with Gasteiger partial charge in [-0.1, -0.05) is 6.07 Å². The number of carbonyl (C=O) groups excluding carboxylic acids is 2. The van der Waals surface area contributed by atoms with Crippen LogP contribution >= 0.6 is 11.3 Å². The SMILES string of the molecule is CCOC(=O)c1sc(NC(=O)c2cccc(NS(C)(=O)=O)c2)c(C#N)c1C. The number of anilines is 2. The molecule has 2 rings (SSSR count). The Morgan fingerprint density at radius 1 is 1.33 bits per heavy atom. The minimum absolute atomic E-state index is 0.182. The molecular weight excluding hydrogens is 390 g/mol. The highest BCUT2D eigenvalue weighted by Crippen LogP contribution is 2.33. The molecule has 0 bridgehead atoms. The molecule has 0 saturated carbocycles. The number of nitrogens with zero attached hydrogens (tertiary/aromatic N) is 1. The van der Waals surface area contributed by atoms with Crippen LogP contribution in [-0.4, -0.2) is 33.2 Å². The van der Waals surface area contributed by atoms with Crippen molar-refractivity contribution in [1.29, 1.82) is 5.26 Å². The van der Waals surface area contributed by atoms with Gasteiger partial charge >= 0.3 is 5.97 Å². The fourth-order valence-corrected chi connectivity index (χ4v) is 3.84. The van der Waals surface area contributed by atoms with Gasteiger partial charge in [0.1, 0.15) is 15.9 Å². The minimum atomic E-state index is -3.48. The van der Waals surface area contributed by atoms with Gasteiger partial charge in [0.15, 0.2) is 0 Å². The van der Waals surface area contributed by atoms with E-state index in [1.807, 2.05) is 6.07 Å². The predicted molar refractivity (Wildman–Crippen MR) is 103 cm³/mol. The number of hydrogen-bond acceptors (Lipinski definition) is 7. The Labute approximate surface area is 160 Å². The highest BCUT2D eigenvalue weighted by molar-refractivity contribution is 7.92. The minimum Gasteiger partial charge on any atom is -0.462 e. The molecule has 0 fully saturated rings. The van der Waals surface area contributed by atoms with Gasteiger partial charge in [0.25, 0.3) is 5.91 Å². The molecule has 0 saturated heterocycles. The summed E-state index contributed by atoms with van der Waals surface area (Å²) < 4.78 is 29.9. The smallest absolute Gasteiger partial charge is 0.348 e. The van der Waals surface area contributed by atoms with Crippen LogP contribution < -0.4 is 10.0 Å². The van der Waals surface area contributed by atoms with Gasteiger partial charge in [-0.2, -0.15) is 5.26 Å². The number of ether oxygens (including phenoxy) is 1. The third-order valence-electron chi connectivity index (χ3n) is 3.37. The number of rotatable bonds is 6. The standard InChI is InChI=1S/C17H17N3O5S2/c1-4-25-17(22)14-10(2)13(9-18)16(26-14)19-15(21)11-6-5-7-12(8-11)20-27(3,23)24/h5-8,20H,4H2,1-3H3,(H,19,21). The Morgan fingerprint density at radius 3 is 2.63 bits per heavy atom. The maximum absolute atomic E-state index is 12.5. The zero-order valence-electron chi connectivity index (χ0n) is 14.8. The van der Waals surface area contributed by atoms with Gasteiger partial charge in [-0.05, 0) is 37.6 Å². The van der Waals surface area contributed by atoms with Crippen molar-refractivity contribution in [2.24, 2.45) is 0 Å². The van der Waals surface area contributed by atoms with Crippen molar-refractivity contribution in [3.63, 3.8) is 0 Å². The summed E-state index contributed by atoms with van der Waals surface area (Å²) in [6.07, 6.45) is 1.00. The molecule has 1 amide bonds. The van der Waals surface area contributed by atoms with E-state index in [1.54, 1.807) is 13.8 Å². The molecule has 1 aromatic carbocycles. The first-order chi connectivity index (χ1) is 12.7. The molecule has 0 atom stereocenters. The fraction of sp³-hybridized carbons (Fsp3) is 0.235. The van der Waals surface area contributed by atoms with E-state index in [-0.39, 0.29) is 33.3 Å². The summed E-state index contributed by atoms with van der Waals surface area (Å²) in [5, 5.41) is 12.2. The molecule has 1 aromatic heterocycles. The van der Waals surface area contributed by atoms with Crippen LogP contribution in [0, 0.1) is 18.3 Å². The van der Waals surface area contributed by atoms with Gasteiger partial charge in [0.05, 0.1) is 18.4 Å². The van der Waals surface area contributed by atoms with Crippen molar-refractivity contribution in [2.45, 2.75) is 13.8 Å². The van der Waals surface area contributed by atoms with Crippen molar-refractivity contribution in [1.82, 2.24) is 0 Å². The number of carbonyl (C=O) groups is 2. The average molecular weight is 407 g/mol. The zero-order chi connectivity index (χ0) is 20.2. The molecule has 0 unspecified atom stereocenters. The topological polar surface area (TPSA) is 125 Å². The second-order valence-corrected chi connectivity index (χ2v) is 8.27. The summed E-state index contributed by atoms with van der Waals surface area (Å²) in [5.41, 5.74) is 1.04. The molecule has 1 heterocycles. The second kappa shape index (κ2) is 8.20. The Hall–Kier alpha value is -2.90. The molecule has 10 heteroatoms. The van der Waals surface area contributed by atoms with E-state index >= 15 is 0 Å². The van der Waals surface area contributed by atoms with Crippen LogP contribution in [0.5, 0.6) is 0 Å². The van der Waals surface area contributed by atoms with Crippen LogP contribution in [-0.2, 0) is 14.8 Å². The van der Waals surface area contributed by atoms with E-state index in [9.17, 15) is 23.3 Å². The van der Waals surface area contributed by atoms with E-state index in [4.69, 9.17) is 4.74 Å². The number of hydrogen-bond donors (Lipinski definition) is 2. The van der Waals surface area contributed by atoms with Gasteiger partial charge < -0.3 is 10.1 Å². The van der Waals surface area contributed by atoms with Crippen molar-refractivity contribution in [3.05, 3.63) is 45.8 Å². The summed E-state index contributed by atoms with van der Waals surface area (Å²) in [6.45, 7) is 3.47. The summed E-state index contributed by atoms with van der Waals surface area (Å²) >= 11 is 0.955. The molecule has 0 radical (unpaired) electrons. The van der Waals surface area contributed by atoms with Crippen LogP contribution in [0.25, 0.3) is 0 Å². The van der Waals surface area contributed by atoms with Crippen LogP contribution in [0.15, 0.2) is 24.3 Å². The number of amides is 1. The van der Waals surface area contributed by atoms with Crippen LogP contribution in [0.2, 0.25) is 0 Å². The number of nitriles is 1. The van der Waals surface area contributed by atoms with Gasteiger partial charge in [0.2, 0.25) is 10.0 Å². The van der Waals surface area contributed by atoms with Crippen molar-refractivity contribution in [2.75, 3.05) is 22.9 Å². The highest BCUT2D eigenvalue weighted by atomic mass is 32.2. The molecule has 2 N–H and O–H groups in total. The molecular formula is C17H17N3O5S2. The lowest BCUT2D eigenvalue weighted by atomic mass is 10.1. The second-order valence-electron chi connectivity index (χ2n) is 5.50. The number of sulfonamides is 1. The summed E-state index contributed by atoms with van der Waals surface area (Å²) in [7, 11) is -3.48. The lowest BCUT2D eigenvalue weighted by Crippen LogP contribution is -2.13. The zero-order valence-corrected chi connectivity index (χ0v) is 16.5. The van der Waals surface area contributed by atoms with Gasteiger partial charge in [-0.15, -0.1) is 11.3 Å². The fourth-order valence-electron chi connectivity index (χ4n) is 2.24. The van der Waals surface area contributed by atoms with Crippen molar-refractivity contribution < 1.29 is 22.7 Å². The Morgan fingerprint density at radius 2 is 2.04 bits per heavy atom. The predicted octanol–water partition coefficient (Wildman–Crippen LogP) is 2.73. The third-order valence-corrected chi connectivity index (χ3v) is 5.17. The van der Waals surface area contributed by atoms with Crippen LogP contribution in [0.1, 0.15) is 38.1 Å². The Bertz CT molecular complexity index is 1040. The maximum Gasteiger partial charge on any atom is 0.348 e. The molecule has 142 valence electrons. The van der Waals surface area contributed by atoms with Gasteiger partial charge in [-0.3, -0.25) is 9.52 Å². The lowest BCUT2D eigenvalue weighted by molar-refractivity contribution is 0.0531. The molecule has 0 spiro atoms. The summed E-state index contributed by atoms with van der Waals surface area (Å²) in [5.74, 6) is -1.10. The molecule has 2 aromatic rings. The number of esters is 1. The number of nitrogens with one attached hydrogen (secondary N) is 2. The number of benzene rings is 1. The Kier molecular flexibility index (Phi) is 6.20. The first kappa shape index (κ1) is 20.4. The molecule has 0 aliphatic rings. The van der Waals surface area contributed by atoms with E-state index in [2.05, 4.69) is 10.0 Å². The van der Waals surface area contributed by atoms with E-state index in [1.165, 1.54) is 24.3 Å². The lowest BCUT2D eigenvalue weighted by Gasteiger charge is -2.07. The first-order valence-corrected chi connectivity index (χ1v) is 10.5. The van der Waals surface area contributed by atoms with Crippen molar-refractivity contribution in [3.8, 4) is 6.07 Å². The largest absolute Gasteiger partial charge is 0.462 e. The van der Waals surface area contributed by atoms with E-state index < -0.39 is 21.9 Å². The third kappa shape index (κ3) is 5.06. The van der Waals surface area contributed by atoms with Crippen LogP contribution in [0.4, 0.5) is 10.7 Å². The average Bonchev–Trinajstić information content (AvgIpc) is 2.89. The van der Waals surface area contributed by atoms with Crippen LogP contribution in [0.3, 0.4) is 0 Å². The maximum atomic E-state index is 12.5. The molecule has 8 nitrogen and oxygen atoms in total. The van der Waals surface area contributed by atoms with E-state index in [0.29, 0.717) is 5.56 Å². The van der Waals surface area contributed by atoms with Crippen molar-refractivity contribution >= 4 is 43.9 Å². The summed E-state index contributed by atoms with van der Waals surface area (Å²) in [6, 6.07) is 7.88. The normalized spacial score (nSPS) is 10.7. The van der Waals surface area contributed by atoms with E-state index in [0.717, 1.165) is 17.6 Å². The monoisotopic (exact) mass is 407 g/mol.